The van der Waals surface area contributed by atoms with Gasteiger partial charge in [-0.05, 0) is 61.2 Å². The van der Waals surface area contributed by atoms with Gasteiger partial charge in [0.15, 0.2) is 8.32 Å². The summed E-state index contributed by atoms with van der Waals surface area (Å²) in [7, 11) is -1.95. The van der Waals surface area contributed by atoms with Gasteiger partial charge in [-0.1, -0.05) is 58.1 Å². The molecule has 2 aliphatic carbocycles. The van der Waals surface area contributed by atoms with Gasteiger partial charge < -0.3 is 19.7 Å². The van der Waals surface area contributed by atoms with Crippen LogP contribution in [0.15, 0.2) is 36.0 Å². The van der Waals surface area contributed by atoms with Crippen LogP contribution in [0.2, 0.25) is 18.1 Å². The van der Waals surface area contributed by atoms with Crippen molar-refractivity contribution in [3.05, 3.63) is 36.0 Å². The van der Waals surface area contributed by atoms with Crippen molar-refractivity contribution >= 4 is 8.32 Å². The van der Waals surface area contributed by atoms with Gasteiger partial charge >= 0.3 is 0 Å². The van der Waals surface area contributed by atoms with Gasteiger partial charge in [0.05, 0.1) is 18.8 Å². The minimum Gasteiger partial charge on any atom is -0.413 e. The van der Waals surface area contributed by atoms with Crippen LogP contribution in [-0.4, -0.2) is 48.1 Å². The van der Waals surface area contributed by atoms with E-state index in [1.807, 2.05) is 0 Å². The normalized spacial score (nSPS) is 40.4. The molecule has 28 heavy (non-hydrogen) atoms. The summed E-state index contributed by atoms with van der Waals surface area (Å²) in [5.41, 5.74) is -0.510. The van der Waals surface area contributed by atoms with Crippen LogP contribution in [0.4, 0.5) is 0 Å². The third-order valence-electron chi connectivity index (χ3n) is 7.04. The summed E-state index contributed by atoms with van der Waals surface area (Å²) in [6.45, 7) is 15.2. The second-order valence-electron chi connectivity index (χ2n) is 10.4. The van der Waals surface area contributed by atoms with Crippen molar-refractivity contribution in [3.8, 4) is 0 Å². The number of hydrogen-bond donors (Lipinski definition) is 3. The van der Waals surface area contributed by atoms with Gasteiger partial charge in [0.2, 0.25) is 0 Å². The molecular formula is C23H40O4Si. The molecule has 2 rings (SSSR count). The van der Waals surface area contributed by atoms with E-state index in [0.717, 1.165) is 12.0 Å². The van der Waals surface area contributed by atoms with E-state index in [0.29, 0.717) is 18.9 Å². The molecule has 0 fully saturated rings. The molecule has 5 heteroatoms. The van der Waals surface area contributed by atoms with E-state index in [2.05, 4.69) is 59.0 Å². The summed E-state index contributed by atoms with van der Waals surface area (Å²) in [4.78, 5) is 0. The summed E-state index contributed by atoms with van der Waals surface area (Å²) < 4.78 is 6.41. The molecule has 0 aromatic rings. The monoisotopic (exact) mass is 408 g/mol. The van der Waals surface area contributed by atoms with Gasteiger partial charge in [-0.15, -0.1) is 0 Å². The van der Waals surface area contributed by atoms with Gasteiger partial charge in [0.1, 0.15) is 5.60 Å². The second-order valence-corrected chi connectivity index (χ2v) is 15.2. The Labute approximate surface area is 172 Å². The summed E-state index contributed by atoms with van der Waals surface area (Å²) in [5, 5.41) is 32.2. The van der Waals surface area contributed by atoms with Crippen molar-refractivity contribution in [2.75, 3.05) is 6.61 Å². The van der Waals surface area contributed by atoms with E-state index in [1.165, 1.54) is 6.08 Å². The smallest absolute Gasteiger partial charge is 0.192 e. The molecule has 0 saturated carbocycles. The second kappa shape index (κ2) is 8.56. The van der Waals surface area contributed by atoms with E-state index in [1.54, 1.807) is 13.0 Å². The zero-order valence-corrected chi connectivity index (χ0v) is 19.6. The van der Waals surface area contributed by atoms with Crippen LogP contribution >= 0.6 is 0 Å². The van der Waals surface area contributed by atoms with Crippen molar-refractivity contribution in [1.29, 1.82) is 0 Å². The van der Waals surface area contributed by atoms with E-state index in [4.69, 9.17) is 4.43 Å². The molecule has 0 spiro atoms. The highest BCUT2D eigenvalue weighted by Crippen LogP contribution is 2.39. The summed E-state index contributed by atoms with van der Waals surface area (Å²) in [6.07, 6.45) is 9.38. The zero-order chi connectivity index (χ0) is 21.3. The number of aliphatic hydroxyl groups is 3. The first-order valence-electron chi connectivity index (χ1n) is 10.5. The lowest BCUT2D eigenvalue weighted by molar-refractivity contribution is -0.0426. The fraction of sp³-hybridized carbons (Fsp3) is 0.739. The van der Waals surface area contributed by atoms with Gasteiger partial charge in [0.25, 0.3) is 0 Å². The first-order valence-corrected chi connectivity index (χ1v) is 13.4. The molecule has 0 aromatic carbocycles. The van der Waals surface area contributed by atoms with Crippen LogP contribution in [-0.2, 0) is 4.43 Å². The van der Waals surface area contributed by atoms with Crippen LogP contribution in [0.5, 0.6) is 0 Å². The Morgan fingerprint density at radius 1 is 1.21 bits per heavy atom. The lowest BCUT2D eigenvalue weighted by Gasteiger charge is -2.39. The first-order chi connectivity index (χ1) is 12.7. The molecule has 4 nitrogen and oxygen atoms in total. The van der Waals surface area contributed by atoms with Crippen LogP contribution in [0.25, 0.3) is 0 Å². The molecule has 0 unspecified atom stereocenters. The summed E-state index contributed by atoms with van der Waals surface area (Å²) >= 11 is 0. The highest BCUT2D eigenvalue weighted by molar-refractivity contribution is 6.74. The molecule has 2 aliphatic rings. The van der Waals surface area contributed by atoms with E-state index >= 15 is 0 Å². The number of allylic oxidation sites excluding steroid dienone is 3. The molecule has 160 valence electrons. The molecule has 0 aromatic heterocycles. The quantitative estimate of drug-likeness (QED) is 0.484. The number of fused-ring (bicyclic) bond motifs is 1. The average molecular weight is 409 g/mol. The summed E-state index contributed by atoms with van der Waals surface area (Å²) in [5.74, 6) is 0.743. The van der Waals surface area contributed by atoms with E-state index < -0.39 is 26.1 Å². The maximum Gasteiger partial charge on any atom is 0.192 e. The predicted octanol–water partition coefficient (Wildman–Crippen LogP) is 4.20. The van der Waals surface area contributed by atoms with Gasteiger partial charge in [0, 0.05) is 0 Å². The summed E-state index contributed by atoms with van der Waals surface area (Å²) in [6, 6.07) is 0. The SMILES string of the molecule is C[C@@H]1C=CC[C@@H]2C[C@@H](O)[C@](C)(O)/C=C\[C@H](O)/C(CO[Si](C)(C)C(C)(C)C)=C\[C@@H]21. The molecule has 0 bridgehead atoms. The fourth-order valence-corrected chi connectivity index (χ4v) is 4.69. The average Bonchev–Trinajstić information content (AvgIpc) is 2.56. The van der Waals surface area contributed by atoms with Crippen molar-refractivity contribution in [3.63, 3.8) is 0 Å². The third kappa shape index (κ3) is 5.45. The standard InChI is InChI=1S/C23H40O4Si/c1-16-9-8-10-17-14-21(25)23(5,26)12-11-20(24)18(13-19(16)17)15-27-28(6,7)22(2,3)4/h8-9,11-13,16-17,19-21,24-26H,10,14-15H2,1-7H3/b12-11-,18-13-/t16-,17-,19-,20+,21-,23-/m1/s1. The topological polar surface area (TPSA) is 69.9 Å². The first kappa shape index (κ1) is 23.6. The molecule has 0 radical (unpaired) electrons. The van der Waals surface area contributed by atoms with Crippen molar-refractivity contribution in [2.45, 2.75) is 83.4 Å². The van der Waals surface area contributed by atoms with Gasteiger partial charge in [-0.2, -0.15) is 0 Å². The Morgan fingerprint density at radius 3 is 2.46 bits per heavy atom. The predicted molar refractivity (Wildman–Crippen MR) is 118 cm³/mol. The minimum absolute atomic E-state index is 0.0987. The van der Waals surface area contributed by atoms with Crippen LogP contribution in [0.3, 0.4) is 0 Å². The zero-order valence-electron chi connectivity index (χ0n) is 18.6. The van der Waals surface area contributed by atoms with Crippen molar-refractivity contribution in [2.24, 2.45) is 17.8 Å². The largest absolute Gasteiger partial charge is 0.413 e. The molecule has 0 heterocycles. The lowest BCUT2D eigenvalue weighted by atomic mass is 9.71. The van der Waals surface area contributed by atoms with Crippen molar-refractivity contribution in [1.82, 2.24) is 0 Å². The highest BCUT2D eigenvalue weighted by atomic mass is 28.4. The Kier molecular flexibility index (Phi) is 7.20. The lowest BCUT2D eigenvalue weighted by Crippen LogP contribution is -2.42. The Morgan fingerprint density at radius 2 is 1.86 bits per heavy atom. The van der Waals surface area contributed by atoms with Crippen LogP contribution in [0, 0.1) is 17.8 Å². The third-order valence-corrected chi connectivity index (χ3v) is 11.5. The fourth-order valence-electron chi connectivity index (χ4n) is 3.73. The van der Waals surface area contributed by atoms with Gasteiger partial charge in [-0.25, -0.2) is 0 Å². The number of aliphatic hydroxyl groups excluding tert-OH is 2. The number of hydrogen-bond acceptors (Lipinski definition) is 4. The highest BCUT2D eigenvalue weighted by Gasteiger charge is 2.39. The Hall–Kier alpha value is -0.723. The Balaban J connectivity index is 2.37. The minimum atomic E-state index is -1.95. The van der Waals surface area contributed by atoms with E-state index in [9.17, 15) is 15.3 Å². The Bertz CT molecular complexity index is 627. The maximum absolute atomic E-state index is 10.9. The van der Waals surface area contributed by atoms with Crippen LogP contribution < -0.4 is 0 Å². The molecule has 0 aliphatic heterocycles. The molecule has 6 atom stereocenters. The van der Waals surface area contributed by atoms with Crippen molar-refractivity contribution < 1.29 is 19.7 Å². The molecular weight excluding hydrogens is 368 g/mol. The molecule has 0 amide bonds. The maximum atomic E-state index is 10.9. The van der Waals surface area contributed by atoms with Crippen LogP contribution in [0.1, 0.15) is 47.5 Å². The van der Waals surface area contributed by atoms with Gasteiger partial charge in [-0.3, -0.25) is 0 Å². The molecule has 3 N–H and O–H groups in total. The molecule has 0 saturated heterocycles. The number of rotatable bonds is 3. The van der Waals surface area contributed by atoms with E-state index in [-0.39, 0.29) is 16.9 Å².